The molecule has 0 atom stereocenters. The van der Waals surface area contributed by atoms with Crippen LogP contribution >= 0.6 is 0 Å². The van der Waals surface area contributed by atoms with E-state index in [4.69, 9.17) is 0 Å². The summed E-state index contributed by atoms with van der Waals surface area (Å²) in [6.07, 6.45) is 6.96. The second-order valence-corrected chi connectivity index (χ2v) is 3.02. The smallest absolute Gasteiger partial charge is 0.157 e. The topological polar surface area (TPSA) is 75.2 Å². The number of imidazole rings is 1. The van der Waals surface area contributed by atoms with Crippen molar-refractivity contribution in [3.63, 3.8) is 0 Å². The number of H-pyrrole nitrogens is 2. The van der Waals surface area contributed by atoms with Gasteiger partial charge in [0.25, 0.3) is 0 Å². The lowest BCUT2D eigenvalue weighted by atomic mass is 10.4. The summed E-state index contributed by atoms with van der Waals surface area (Å²) in [7, 11) is 0. The Kier molecular flexibility index (Phi) is 1.64. The number of aromatic nitrogens is 6. The van der Waals surface area contributed by atoms with Gasteiger partial charge in [-0.1, -0.05) is 5.21 Å². The summed E-state index contributed by atoms with van der Waals surface area (Å²) in [5.41, 5.74) is 0.822. The van der Waals surface area contributed by atoms with Crippen molar-refractivity contribution in [2.24, 2.45) is 0 Å². The van der Waals surface area contributed by atoms with Crippen LogP contribution in [0.15, 0.2) is 36.9 Å². The summed E-state index contributed by atoms with van der Waals surface area (Å²) in [6, 6.07) is 3.82. The van der Waals surface area contributed by atoms with E-state index in [1.165, 1.54) is 0 Å². The predicted molar refractivity (Wildman–Crippen MR) is 53.3 cm³/mol. The summed E-state index contributed by atoms with van der Waals surface area (Å²) < 4.78 is 1.69. The van der Waals surface area contributed by atoms with Gasteiger partial charge < -0.3 is 9.97 Å². The average Bonchev–Trinajstić information content (AvgIpc) is 3.01. The minimum atomic E-state index is 0.745. The van der Waals surface area contributed by atoms with Gasteiger partial charge in [-0.15, -0.1) is 5.10 Å². The van der Waals surface area contributed by atoms with E-state index in [0.717, 1.165) is 17.3 Å². The Hall–Kier alpha value is -2.37. The molecule has 0 saturated carbocycles. The van der Waals surface area contributed by atoms with Gasteiger partial charge in [-0.05, 0) is 12.1 Å². The second-order valence-electron chi connectivity index (χ2n) is 3.02. The van der Waals surface area contributed by atoms with Gasteiger partial charge >= 0.3 is 0 Å². The zero-order chi connectivity index (χ0) is 10.1. The molecule has 0 aliphatic heterocycles. The molecule has 0 bridgehead atoms. The third-order valence-electron chi connectivity index (χ3n) is 2.10. The minimum Gasteiger partial charge on any atom is -0.347 e. The normalized spacial score (nSPS) is 10.7. The predicted octanol–water partition coefficient (Wildman–Crippen LogP) is 0.985. The van der Waals surface area contributed by atoms with E-state index < -0.39 is 0 Å². The fraction of sp³-hybridized carbons (Fsp3) is 0. The maximum absolute atomic E-state index is 4.16. The molecule has 74 valence electrons. The minimum absolute atomic E-state index is 0.745. The van der Waals surface area contributed by atoms with Gasteiger partial charge in [0.05, 0.1) is 6.20 Å². The first-order chi connectivity index (χ1) is 7.45. The van der Waals surface area contributed by atoms with Crippen LogP contribution in [-0.4, -0.2) is 29.9 Å². The van der Waals surface area contributed by atoms with Crippen molar-refractivity contribution < 1.29 is 0 Å². The van der Waals surface area contributed by atoms with Crippen molar-refractivity contribution >= 4 is 0 Å². The fourth-order valence-corrected chi connectivity index (χ4v) is 1.43. The number of hydrogen-bond acceptors (Lipinski definition) is 3. The molecule has 3 rings (SSSR count). The van der Waals surface area contributed by atoms with Crippen LogP contribution in [0.25, 0.3) is 17.3 Å². The lowest BCUT2D eigenvalue weighted by Gasteiger charge is -1.99. The van der Waals surface area contributed by atoms with Gasteiger partial charge in [0.15, 0.2) is 5.82 Å². The van der Waals surface area contributed by atoms with Gasteiger partial charge in [0.2, 0.25) is 0 Å². The lowest BCUT2D eigenvalue weighted by Crippen LogP contribution is -2.00. The fourth-order valence-electron chi connectivity index (χ4n) is 1.43. The van der Waals surface area contributed by atoms with Gasteiger partial charge in [-0.3, -0.25) is 0 Å². The molecule has 3 heterocycles. The molecule has 6 heteroatoms. The van der Waals surface area contributed by atoms with E-state index in [9.17, 15) is 0 Å². The first-order valence-electron chi connectivity index (χ1n) is 4.49. The number of rotatable bonds is 2. The highest BCUT2D eigenvalue weighted by Crippen LogP contribution is 2.15. The van der Waals surface area contributed by atoms with Crippen LogP contribution in [0.2, 0.25) is 0 Å². The zero-order valence-corrected chi connectivity index (χ0v) is 7.75. The summed E-state index contributed by atoms with van der Waals surface area (Å²) in [6.45, 7) is 0. The molecule has 6 nitrogen and oxygen atoms in total. The Balaban J connectivity index is 2.15. The highest BCUT2D eigenvalue weighted by Gasteiger charge is 2.10. The third kappa shape index (κ3) is 1.23. The second kappa shape index (κ2) is 3.09. The molecule has 15 heavy (non-hydrogen) atoms. The molecule has 0 aliphatic carbocycles. The number of nitrogens with one attached hydrogen (secondary N) is 2. The highest BCUT2D eigenvalue weighted by molar-refractivity contribution is 5.50. The maximum Gasteiger partial charge on any atom is 0.157 e. The summed E-state index contributed by atoms with van der Waals surface area (Å²) in [5, 5.41) is 7.86. The van der Waals surface area contributed by atoms with Crippen molar-refractivity contribution in [1.82, 2.24) is 29.9 Å². The highest BCUT2D eigenvalue weighted by atomic mass is 15.4. The standard InChI is InChI=1S/C9H8N6/c1-2-8(10-3-1)15-7(6-13-14-15)9-11-4-5-12-9/h1-6,10H,(H,11,12). The van der Waals surface area contributed by atoms with Crippen LogP contribution < -0.4 is 0 Å². The first kappa shape index (κ1) is 7.98. The Morgan fingerprint density at radius 3 is 2.93 bits per heavy atom. The number of hydrogen-bond donors (Lipinski definition) is 2. The SMILES string of the molecule is c1c[nH]c(-n2nncc2-c2ncc[nH]2)c1. The lowest BCUT2D eigenvalue weighted by molar-refractivity contribution is 0.788. The zero-order valence-electron chi connectivity index (χ0n) is 7.75. The van der Waals surface area contributed by atoms with Crippen LogP contribution in [0.3, 0.4) is 0 Å². The monoisotopic (exact) mass is 200 g/mol. The van der Waals surface area contributed by atoms with Crippen molar-refractivity contribution in [1.29, 1.82) is 0 Å². The molecular weight excluding hydrogens is 192 g/mol. The molecule has 3 aromatic heterocycles. The quantitative estimate of drug-likeness (QED) is 0.647. The van der Waals surface area contributed by atoms with E-state index in [-0.39, 0.29) is 0 Å². The average molecular weight is 200 g/mol. The molecule has 2 N–H and O–H groups in total. The molecule has 0 amide bonds. The summed E-state index contributed by atoms with van der Waals surface area (Å²) >= 11 is 0. The molecule has 0 saturated heterocycles. The molecule has 0 spiro atoms. The maximum atomic E-state index is 4.16. The van der Waals surface area contributed by atoms with E-state index in [1.807, 2.05) is 18.3 Å². The first-order valence-corrected chi connectivity index (χ1v) is 4.49. The van der Waals surface area contributed by atoms with Crippen molar-refractivity contribution in [2.75, 3.05) is 0 Å². The van der Waals surface area contributed by atoms with Crippen LogP contribution in [0.5, 0.6) is 0 Å². The van der Waals surface area contributed by atoms with Crippen LogP contribution in [0.4, 0.5) is 0 Å². The van der Waals surface area contributed by atoms with Gasteiger partial charge in [0, 0.05) is 18.6 Å². The largest absolute Gasteiger partial charge is 0.347 e. The number of nitrogens with zero attached hydrogens (tertiary/aromatic N) is 4. The van der Waals surface area contributed by atoms with Gasteiger partial charge in [0.1, 0.15) is 11.5 Å². The Labute approximate surface area is 85.0 Å². The van der Waals surface area contributed by atoms with Crippen molar-refractivity contribution in [2.45, 2.75) is 0 Å². The van der Waals surface area contributed by atoms with Crippen LogP contribution in [0.1, 0.15) is 0 Å². The molecule has 0 unspecified atom stereocenters. The van der Waals surface area contributed by atoms with Crippen molar-refractivity contribution in [3.8, 4) is 17.3 Å². The van der Waals surface area contributed by atoms with Crippen LogP contribution in [0, 0.1) is 0 Å². The summed E-state index contributed by atoms with van der Waals surface area (Å²) in [5.74, 6) is 1.61. The third-order valence-corrected chi connectivity index (χ3v) is 2.10. The molecule has 0 aromatic carbocycles. The molecule has 0 aliphatic rings. The number of aromatic amines is 2. The van der Waals surface area contributed by atoms with E-state index in [1.54, 1.807) is 23.3 Å². The molecular formula is C9H8N6. The summed E-state index contributed by atoms with van der Waals surface area (Å²) in [4.78, 5) is 10.2. The molecule has 3 aromatic rings. The van der Waals surface area contributed by atoms with Crippen LogP contribution in [-0.2, 0) is 0 Å². The van der Waals surface area contributed by atoms with Crippen molar-refractivity contribution in [3.05, 3.63) is 36.9 Å². The Morgan fingerprint density at radius 2 is 2.20 bits per heavy atom. The molecule has 0 fully saturated rings. The van der Waals surface area contributed by atoms with E-state index in [0.29, 0.717) is 0 Å². The Morgan fingerprint density at radius 1 is 1.20 bits per heavy atom. The van der Waals surface area contributed by atoms with Gasteiger partial charge in [-0.2, -0.15) is 4.68 Å². The van der Waals surface area contributed by atoms with E-state index >= 15 is 0 Å². The Bertz CT molecular complexity index is 484. The van der Waals surface area contributed by atoms with E-state index in [2.05, 4.69) is 25.3 Å². The van der Waals surface area contributed by atoms with Gasteiger partial charge in [-0.25, -0.2) is 4.98 Å². The molecule has 0 radical (unpaired) electrons.